The van der Waals surface area contributed by atoms with Gasteiger partial charge in [-0.2, -0.15) is 0 Å². The summed E-state index contributed by atoms with van der Waals surface area (Å²) in [6.07, 6.45) is -4.52. The van der Waals surface area contributed by atoms with Crippen LogP contribution in [-0.2, 0) is 16.1 Å². The summed E-state index contributed by atoms with van der Waals surface area (Å²) in [5.41, 5.74) is 0.784. The van der Waals surface area contributed by atoms with Gasteiger partial charge in [0.25, 0.3) is 5.56 Å². The molecule has 188 valence electrons. The fraction of sp³-hybridized carbons (Fsp3) is 0.261. The van der Waals surface area contributed by atoms with Crippen molar-refractivity contribution in [2.75, 3.05) is 5.32 Å². The van der Waals surface area contributed by atoms with E-state index >= 15 is 0 Å². The molecule has 0 aliphatic carbocycles. The number of aromatic nitrogens is 2. The summed E-state index contributed by atoms with van der Waals surface area (Å²) in [7, 11) is 0. The third-order valence-electron chi connectivity index (χ3n) is 5.46. The number of urea groups is 1. The number of fused-ring (bicyclic) bond motifs is 1. The smallest absolute Gasteiger partial charge is 0.406 e. The Morgan fingerprint density at radius 1 is 1.17 bits per heavy atom. The van der Waals surface area contributed by atoms with Gasteiger partial charge in [-0.1, -0.05) is 6.07 Å². The van der Waals surface area contributed by atoms with Crippen molar-refractivity contribution in [1.29, 1.82) is 0 Å². The van der Waals surface area contributed by atoms with Crippen LogP contribution in [0.5, 0.6) is 5.75 Å². The number of carbonyl (C=O) groups excluding carboxylic acids is 3. The van der Waals surface area contributed by atoms with E-state index in [9.17, 15) is 32.3 Å². The van der Waals surface area contributed by atoms with Crippen LogP contribution in [0, 0.1) is 6.92 Å². The van der Waals surface area contributed by atoms with Crippen molar-refractivity contribution in [3.8, 4) is 5.75 Å². The molecule has 1 aliphatic heterocycles. The van der Waals surface area contributed by atoms with Gasteiger partial charge in [0.1, 0.15) is 17.6 Å². The number of benzene rings is 2. The number of imide groups is 1. The number of anilines is 1. The molecule has 0 spiro atoms. The van der Waals surface area contributed by atoms with E-state index in [1.54, 1.807) is 25.1 Å². The summed E-state index contributed by atoms with van der Waals surface area (Å²) in [5, 5.41) is 7.55. The van der Waals surface area contributed by atoms with E-state index in [0.717, 1.165) is 12.1 Å². The molecule has 3 aromatic rings. The van der Waals surface area contributed by atoms with Crippen LogP contribution >= 0.6 is 0 Å². The lowest BCUT2D eigenvalue weighted by Gasteiger charge is -2.24. The summed E-state index contributed by atoms with van der Waals surface area (Å²) in [6, 6.07) is 8.00. The molecule has 4 amide bonds. The Labute approximate surface area is 201 Å². The van der Waals surface area contributed by atoms with Crippen molar-refractivity contribution in [3.63, 3.8) is 0 Å². The minimum Gasteiger partial charge on any atom is -0.406 e. The molecule has 2 aromatic carbocycles. The van der Waals surface area contributed by atoms with E-state index in [1.807, 2.05) is 0 Å². The Hall–Kier alpha value is -4.42. The van der Waals surface area contributed by atoms with Crippen LogP contribution in [0.1, 0.15) is 30.3 Å². The molecule has 36 heavy (non-hydrogen) atoms. The van der Waals surface area contributed by atoms with Gasteiger partial charge in [0.2, 0.25) is 11.8 Å². The summed E-state index contributed by atoms with van der Waals surface area (Å²) >= 11 is 0. The molecule has 3 N–H and O–H groups in total. The zero-order valence-corrected chi connectivity index (χ0v) is 18.8. The van der Waals surface area contributed by atoms with Gasteiger partial charge in [-0.15, -0.1) is 13.2 Å². The lowest BCUT2D eigenvalue weighted by Crippen LogP contribution is -2.45. The molecule has 0 saturated carbocycles. The van der Waals surface area contributed by atoms with E-state index in [-0.39, 0.29) is 30.5 Å². The first-order valence-corrected chi connectivity index (χ1v) is 10.8. The van der Waals surface area contributed by atoms with Crippen LogP contribution in [-0.4, -0.2) is 33.8 Å². The number of rotatable bonds is 5. The van der Waals surface area contributed by atoms with Crippen molar-refractivity contribution in [2.24, 2.45) is 0 Å². The van der Waals surface area contributed by atoms with Gasteiger partial charge in [-0.05, 0) is 55.3 Å². The average Bonchev–Trinajstić information content (AvgIpc) is 2.79. The Balaban J connectivity index is 1.46. The standard InChI is InChI=1S/C23H20F3N5O5/c1-12-28-17-7-2-13(10-16(17)21(34)31(12)18-8-9-19(32)30-20(18)33)11-27-22(35)29-14-3-5-15(6-4-14)36-23(24,25)26/h2-7,10,18H,8-9,11H2,1H3,(H2,27,29,35)(H,30,32,33)/t18-/m1/s1. The van der Waals surface area contributed by atoms with E-state index in [4.69, 9.17) is 0 Å². The fourth-order valence-corrected chi connectivity index (χ4v) is 3.86. The summed E-state index contributed by atoms with van der Waals surface area (Å²) in [6.45, 7) is 1.63. The second-order valence-corrected chi connectivity index (χ2v) is 8.03. The van der Waals surface area contributed by atoms with Gasteiger partial charge in [-0.3, -0.25) is 24.3 Å². The van der Waals surface area contributed by atoms with Gasteiger partial charge < -0.3 is 15.4 Å². The van der Waals surface area contributed by atoms with E-state index < -0.39 is 41.6 Å². The second kappa shape index (κ2) is 9.68. The van der Waals surface area contributed by atoms with Gasteiger partial charge in [0.05, 0.1) is 10.9 Å². The second-order valence-electron chi connectivity index (χ2n) is 8.03. The van der Waals surface area contributed by atoms with Crippen LogP contribution < -0.4 is 26.2 Å². The number of carbonyl (C=O) groups is 3. The third kappa shape index (κ3) is 5.62. The maximum atomic E-state index is 13.2. The lowest BCUT2D eigenvalue weighted by atomic mass is 10.0. The van der Waals surface area contributed by atoms with Crippen molar-refractivity contribution in [1.82, 2.24) is 20.2 Å². The highest BCUT2D eigenvalue weighted by Crippen LogP contribution is 2.24. The molecule has 1 fully saturated rings. The Bertz CT molecular complexity index is 1400. The van der Waals surface area contributed by atoms with Crippen LogP contribution in [0.2, 0.25) is 0 Å². The number of halogens is 3. The number of piperidine rings is 1. The first-order valence-electron chi connectivity index (χ1n) is 10.8. The fourth-order valence-electron chi connectivity index (χ4n) is 3.86. The number of hydrogen-bond acceptors (Lipinski definition) is 6. The predicted molar refractivity (Wildman–Crippen MR) is 121 cm³/mol. The molecule has 1 atom stereocenters. The molecule has 4 rings (SSSR count). The van der Waals surface area contributed by atoms with Crippen LogP contribution in [0.4, 0.5) is 23.7 Å². The van der Waals surface area contributed by atoms with Gasteiger partial charge in [0, 0.05) is 18.7 Å². The molecular formula is C23H20F3N5O5. The maximum absolute atomic E-state index is 13.2. The van der Waals surface area contributed by atoms with Gasteiger partial charge in [0.15, 0.2) is 0 Å². The van der Waals surface area contributed by atoms with Crippen molar-refractivity contribution >= 4 is 34.4 Å². The molecule has 1 aliphatic rings. The third-order valence-corrected chi connectivity index (χ3v) is 5.46. The first-order chi connectivity index (χ1) is 17.0. The average molecular weight is 503 g/mol. The number of hydrogen-bond donors (Lipinski definition) is 3. The van der Waals surface area contributed by atoms with Crippen LogP contribution in [0.3, 0.4) is 0 Å². The van der Waals surface area contributed by atoms with Crippen molar-refractivity contribution in [3.05, 3.63) is 64.2 Å². The van der Waals surface area contributed by atoms with Gasteiger partial charge >= 0.3 is 12.4 Å². The molecule has 10 nitrogen and oxygen atoms in total. The predicted octanol–water partition coefficient (Wildman–Crippen LogP) is 2.90. The lowest BCUT2D eigenvalue weighted by molar-refractivity contribution is -0.274. The topological polar surface area (TPSA) is 131 Å². The Morgan fingerprint density at radius 2 is 1.89 bits per heavy atom. The minimum absolute atomic E-state index is 0.0305. The maximum Gasteiger partial charge on any atom is 0.573 e. The number of amides is 4. The van der Waals surface area contributed by atoms with E-state index in [0.29, 0.717) is 16.9 Å². The molecule has 13 heteroatoms. The van der Waals surface area contributed by atoms with Crippen LogP contribution in [0.15, 0.2) is 47.3 Å². The first kappa shape index (κ1) is 24.7. The highest BCUT2D eigenvalue weighted by atomic mass is 19.4. The number of ether oxygens (including phenoxy) is 1. The van der Waals surface area contributed by atoms with E-state index in [1.165, 1.54) is 16.7 Å². The number of alkyl halides is 3. The monoisotopic (exact) mass is 503 g/mol. The quantitative estimate of drug-likeness (QED) is 0.459. The molecule has 1 saturated heterocycles. The largest absolute Gasteiger partial charge is 0.573 e. The van der Waals surface area contributed by atoms with Crippen molar-refractivity contribution in [2.45, 2.75) is 38.7 Å². The number of nitrogens with one attached hydrogen (secondary N) is 3. The van der Waals surface area contributed by atoms with Crippen LogP contribution in [0.25, 0.3) is 10.9 Å². The highest BCUT2D eigenvalue weighted by Gasteiger charge is 2.31. The van der Waals surface area contributed by atoms with Gasteiger partial charge in [-0.25, -0.2) is 9.78 Å². The molecule has 0 unspecified atom stereocenters. The molecule has 2 heterocycles. The summed E-state index contributed by atoms with van der Waals surface area (Å²) in [4.78, 5) is 53.6. The molecule has 1 aromatic heterocycles. The molecular weight excluding hydrogens is 483 g/mol. The summed E-state index contributed by atoms with van der Waals surface area (Å²) < 4.78 is 41.8. The van der Waals surface area contributed by atoms with Crippen molar-refractivity contribution < 1.29 is 32.3 Å². The zero-order valence-electron chi connectivity index (χ0n) is 18.8. The normalized spacial score (nSPS) is 15.9. The molecule has 0 bridgehead atoms. The summed E-state index contributed by atoms with van der Waals surface area (Å²) in [5.74, 6) is -1.05. The zero-order chi connectivity index (χ0) is 26.0. The minimum atomic E-state index is -4.81. The Kier molecular flexibility index (Phi) is 6.64. The number of aryl methyl sites for hydroxylation is 1. The number of nitrogens with zero attached hydrogens (tertiary/aromatic N) is 2. The Morgan fingerprint density at radius 3 is 2.56 bits per heavy atom. The van der Waals surface area contributed by atoms with E-state index in [2.05, 4.69) is 25.7 Å². The highest BCUT2D eigenvalue weighted by molar-refractivity contribution is 5.99. The SMILES string of the molecule is Cc1nc2ccc(CNC(=O)Nc3ccc(OC(F)(F)F)cc3)cc2c(=O)n1[C@@H]1CCC(=O)NC1=O. The molecule has 0 radical (unpaired) electrons.